The number of hydrogen-bond donors (Lipinski definition) is 2. The Morgan fingerprint density at radius 1 is 1.19 bits per heavy atom. The highest BCUT2D eigenvalue weighted by Gasteiger charge is 2.45. The summed E-state index contributed by atoms with van der Waals surface area (Å²) >= 11 is 0. The van der Waals surface area contributed by atoms with Crippen LogP contribution in [0.1, 0.15) is 42.7 Å². The van der Waals surface area contributed by atoms with Crippen molar-refractivity contribution in [1.82, 2.24) is 5.32 Å². The zero-order chi connectivity index (χ0) is 15.0. The van der Waals surface area contributed by atoms with Gasteiger partial charge in [0.05, 0.1) is 5.92 Å². The fraction of sp³-hybridized carbons (Fsp3) is 0.529. The maximum absolute atomic E-state index is 12.3. The van der Waals surface area contributed by atoms with E-state index < -0.39 is 5.97 Å². The van der Waals surface area contributed by atoms with Crippen LogP contribution in [0.3, 0.4) is 0 Å². The Balaban J connectivity index is 1.54. The van der Waals surface area contributed by atoms with Gasteiger partial charge in [-0.2, -0.15) is 0 Å². The van der Waals surface area contributed by atoms with E-state index in [0.29, 0.717) is 18.8 Å². The molecule has 0 spiro atoms. The van der Waals surface area contributed by atoms with Gasteiger partial charge in [-0.1, -0.05) is 24.3 Å². The first-order valence-corrected chi connectivity index (χ1v) is 7.65. The van der Waals surface area contributed by atoms with Gasteiger partial charge in [-0.3, -0.25) is 9.59 Å². The first-order valence-electron chi connectivity index (χ1n) is 7.65. The molecule has 21 heavy (non-hydrogen) atoms. The van der Waals surface area contributed by atoms with Crippen molar-refractivity contribution in [3.05, 3.63) is 35.4 Å². The highest BCUT2D eigenvalue weighted by Crippen LogP contribution is 2.48. The van der Waals surface area contributed by atoms with Crippen LogP contribution in [0, 0.1) is 18.8 Å². The molecule has 112 valence electrons. The normalized spacial score (nSPS) is 30.9. The number of aliphatic carboxylic acids is 1. The third-order valence-electron chi connectivity index (χ3n) is 4.84. The van der Waals surface area contributed by atoms with Crippen LogP contribution in [0.25, 0.3) is 0 Å². The number of aryl methyl sites for hydroxylation is 1. The van der Waals surface area contributed by atoms with Crippen LogP contribution < -0.4 is 5.32 Å². The van der Waals surface area contributed by atoms with Gasteiger partial charge in [0.15, 0.2) is 0 Å². The van der Waals surface area contributed by atoms with Gasteiger partial charge in [0.25, 0.3) is 0 Å². The molecule has 4 atom stereocenters. The van der Waals surface area contributed by atoms with Crippen molar-refractivity contribution in [2.75, 3.05) is 0 Å². The highest BCUT2D eigenvalue weighted by molar-refractivity contribution is 5.83. The van der Waals surface area contributed by atoms with Gasteiger partial charge < -0.3 is 10.4 Å². The van der Waals surface area contributed by atoms with Crippen LogP contribution in [-0.4, -0.2) is 23.0 Å². The molecule has 0 bridgehead atoms. The predicted molar refractivity (Wildman–Crippen MR) is 78.9 cm³/mol. The van der Waals surface area contributed by atoms with E-state index in [-0.39, 0.29) is 23.8 Å². The van der Waals surface area contributed by atoms with Crippen molar-refractivity contribution in [3.63, 3.8) is 0 Å². The average Bonchev–Trinajstić information content (AvgIpc) is 3.11. The summed E-state index contributed by atoms with van der Waals surface area (Å²) in [7, 11) is 0. The minimum Gasteiger partial charge on any atom is -0.481 e. The molecule has 1 aromatic carbocycles. The fourth-order valence-electron chi connectivity index (χ4n) is 3.48. The lowest BCUT2D eigenvalue weighted by atomic mass is 10.0. The quantitative estimate of drug-likeness (QED) is 0.894. The molecule has 0 unspecified atom stereocenters. The van der Waals surface area contributed by atoms with Gasteiger partial charge in [0.1, 0.15) is 0 Å². The van der Waals surface area contributed by atoms with Gasteiger partial charge in [0, 0.05) is 12.0 Å². The van der Waals surface area contributed by atoms with Gasteiger partial charge >= 0.3 is 5.97 Å². The lowest BCUT2D eigenvalue weighted by Crippen LogP contribution is -2.34. The molecule has 4 nitrogen and oxygen atoms in total. The van der Waals surface area contributed by atoms with Gasteiger partial charge in [-0.05, 0) is 49.7 Å². The zero-order valence-corrected chi connectivity index (χ0v) is 12.2. The molecule has 4 heteroatoms. The molecule has 0 aromatic heterocycles. The Morgan fingerprint density at radius 3 is 2.62 bits per heavy atom. The van der Waals surface area contributed by atoms with Crippen LogP contribution in [0.4, 0.5) is 0 Å². The molecule has 2 aliphatic rings. The summed E-state index contributed by atoms with van der Waals surface area (Å²) in [5.74, 6) is -0.533. The molecule has 2 saturated carbocycles. The molecule has 2 N–H and O–H groups in total. The number of nitrogens with one attached hydrogen (secondary N) is 1. The second-order valence-electron chi connectivity index (χ2n) is 6.36. The van der Waals surface area contributed by atoms with Gasteiger partial charge in [-0.25, -0.2) is 0 Å². The van der Waals surface area contributed by atoms with Crippen molar-refractivity contribution in [2.24, 2.45) is 11.8 Å². The number of carbonyl (C=O) groups is 2. The smallest absolute Gasteiger partial charge is 0.306 e. The van der Waals surface area contributed by atoms with Crippen molar-refractivity contribution in [3.8, 4) is 0 Å². The Labute approximate surface area is 124 Å². The number of hydrogen-bond acceptors (Lipinski definition) is 2. The third-order valence-corrected chi connectivity index (χ3v) is 4.84. The van der Waals surface area contributed by atoms with Crippen LogP contribution >= 0.6 is 0 Å². The molecule has 1 aromatic rings. The summed E-state index contributed by atoms with van der Waals surface area (Å²) in [6, 6.07) is 8.25. The molecule has 0 saturated heterocycles. The molecule has 1 amide bonds. The Morgan fingerprint density at radius 2 is 1.95 bits per heavy atom. The van der Waals surface area contributed by atoms with Gasteiger partial charge in [-0.15, -0.1) is 0 Å². The number of carbonyl (C=O) groups excluding carboxylic acids is 1. The second-order valence-corrected chi connectivity index (χ2v) is 6.36. The zero-order valence-electron chi connectivity index (χ0n) is 12.2. The average molecular weight is 287 g/mol. The molecule has 3 rings (SSSR count). The van der Waals surface area contributed by atoms with E-state index in [1.54, 1.807) is 0 Å². The summed E-state index contributed by atoms with van der Waals surface area (Å²) in [4.78, 5) is 23.2. The van der Waals surface area contributed by atoms with E-state index in [0.717, 1.165) is 12.8 Å². The molecular formula is C17H21NO3. The molecule has 2 aliphatic carbocycles. The number of carboxylic acids is 1. The van der Waals surface area contributed by atoms with Crippen LogP contribution in [-0.2, 0) is 9.59 Å². The minimum absolute atomic E-state index is 0.0386. The van der Waals surface area contributed by atoms with Crippen molar-refractivity contribution >= 4 is 11.9 Å². The first-order chi connectivity index (χ1) is 10.1. The molecule has 2 fully saturated rings. The SMILES string of the molecule is Cc1ccccc1[C@@H]1C[C@@H]1C(=O)N[C@H]1CC[C@H](C(=O)O)C1. The van der Waals surface area contributed by atoms with E-state index in [4.69, 9.17) is 5.11 Å². The largest absolute Gasteiger partial charge is 0.481 e. The van der Waals surface area contributed by atoms with E-state index in [1.807, 2.05) is 12.1 Å². The standard InChI is InChI=1S/C17H21NO3/c1-10-4-2-3-5-13(10)14-9-15(14)16(19)18-12-7-6-11(8-12)17(20)21/h2-5,11-12,14-15H,6-9H2,1H3,(H,18,19)(H,20,21)/t11-,12-,14-,15-/m0/s1. The first kappa shape index (κ1) is 14.1. The molecule has 0 heterocycles. The maximum Gasteiger partial charge on any atom is 0.306 e. The molecule has 0 radical (unpaired) electrons. The van der Waals surface area contributed by atoms with Crippen molar-refractivity contribution < 1.29 is 14.7 Å². The van der Waals surface area contributed by atoms with Gasteiger partial charge in [0.2, 0.25) is 5.91 Å². The Kier molecular flexibility index (Phi) is 3.70. The number of rotatable bonds is 4. The van der Waals surface area contributed by atoms with Crippen molar-refractivity contribution in [1.29, 1.82) is 0 Å². The summed E-state index contributed by atoms with van der Waals surface area (Å²) in [6.45, 7) is 2.08. The molecule has 0 aliphatic heterocycles. The summed E-state index contributed by atoms with van der Waals surface area (Å²) in [6.07, 6.45) is 2.94. The summed E-state index contributed by atoms with van der Waals surface area (Å²) in [5.41, 5.74) is 2.51. The van der Waals surface area contributed by atoms with Crippen molar-refractivity contribution in [2.45, 2.75) is 44.6 Å². The number of carboxylic acid groups (broad SMARTS) is 1. The maximum atomic E-state index is 12.3. The van der Waals surface area contributed by atoms with E-state index >= 15 is 0 Å². The predicted octanol–water partition coefficient (Wildman–Crippen LogP) is 2.47. The van der Waals surface area contributed by atoms with Crippen LogP contribution in [0.2, 0.25) is 0 Å². The van der Waals surface area contributed by atoms with Crippen LogP contribution in [0.15, 0.2) is 24.3 Å². The molecular weight excluding hydrogens is 266 g/mol. The lowest BCUT2D eigenvalue weighted by Gasteiger charge is -2.12. The Hall–Kier alpha value is -1.84. The van der Waals surface area contributed by atoms with E-state index in [9.17, 15) is 9.59 Å². The number of amides is 1. The second kappa shape index (κ2) is 5.51. The fourth-order valence-corrected chi connectivity index (χ4v) is 3.48. The summed E-state index contributed by atoms with van der Waals surface area (Å²) in [5, 5.41) is 12.0. The minimum atomic E-state index is -0.740. The third kappa shape index (κ3) is 2.94. The van der Waals surface area contributed by atoms with E-state index in [1.165, 1.54) is 11.1 Å². The number of benzene rings is 1. The van der Waals surface area contributed by atoms with Crippen LogP contribution in [0.5, 0.6) is 0 Å². The monoisotopic (exact) mass is 287 g/mol. The van der Waals surface area contributed by atoms with E-state index in [2.05, 4.69) is 24.4 Å². The Bertz CT molecular complexity index is 569. The lowest BCUT2D eigenvalue weighted by molar-refractivity contribution is -0.141. The summed E-state index contributed by atoms with van der Waals surface area (Å²) < 4.78 is 0. The highest BCUT2D eigenvalue weighted by atomic mass is 16.4. The topological polar surface area (TPSA) is 66.4 Å².